The van der Waals surface area contributed by atoms with Crippen molar-refractivity contribution < 1.29 is 45.8 Å². The van der Waals surface area contributed by atoms with Gasteiger partial charge in [-0.1, -0.05) is 30.1 Å². The Hall–Kier alpha value is -3.07. The molecule has 0 saturated carbocycles. The Labute approximate surface area is 263 Å². The van der Waals surface area contributed by atoms with Gasteiger partial charge in [-0.3, -0.25) is 4.79 Å². The minimum Gasteiger partial charge on any atom is -0.480 e. The second-order valence-corrected chi connectivity index (χ2v) is 13.8. The molecular formula is C28H34Cl2F3N3O7S. The lowest BCUT2D eigenvalue weighted by atomic mass is 10.0. The van der Waals surface area contributed by atoms with E-state index in [-0.39, 0.29) is 64.3 Å². The number of carboxylic acids is 1. The van der Waals surface area contributed by atoms with E-state index in [9.17, 15) is 41.1 Å². The van der Waals surface area contributed by atoms with Crippen LogP contribution in [0.5, 0.6) is 0 Å². The van der Waals surface area contributed by atoms with Crippen LogP contribution in [0.2, 0.25) is 10.0 Å². The minimum absolute atomic E-state index is 0.0333. The number of hydrogen-bond donors (Lipinski definition) is 4. The number of hydrogen-bond acceptors (Lipinski definition) is 7. The highest BCUT2D eigenvalue weighted by molar-refractivity contribution is 7.91. The molecule has 0 aliphatic heterocycles. The van der Waals surface area contributed by atoms with Gasteiger partial charge in [0.15, 0.2) is 9.84 Å². The molecule has 2 aromatic carbocycles. The number of alkyl halides is 3. The van der Waals surface area contributed by atoms with E-state index in [1.54, 1.807) is 20.8 Å². The van der Waals surface area contributed by atoms with Gasteiger partial charge in [0.05, 0.1) is 16.2 Å². The van der Waals surface area contributed by atoms with Crippen LogP contribution in [-0.2, 0) is 38.6 Å². The predicted molar refractivity (Wildman–Crippen MR) is 159 cm³/mol. The number of amides is 2. The molecule has 0 bridgehead atoms. The number of nitrogens with one attached hydrogen (secondary N) is 3. The molecule has 0 radical (unpaired) electrons. The number of ether oxygens (including phenoxy) is 1. The van der Waals surface area contributed by atoms with Crippen LogP contribution in [0.15, 0.2) is 35.2 Å². The molecule has 2 rings (SSSR count). The summed E-state index contributed by atoms with van der Waals surface area (Å²) in [6.45, 7) is 5.70. The highest BCUT2D eigenvalue weighted by Crippen LogP contribution is 2.36. The zero-order valence-electron chi connectivity index (χ0n) is 24.4. The van der Waals surface area contributed by atoms with Gasteiger partial charge in [-0.15, -0.1) is 0 Å². The molecule has 10 nitrogen and oxygen atoms in total. The van der Waals surface area contributed by atoms with E-state index >= 15 is 0 Å². The average molecular weight is 685 g/mol. The van der Waals surface area contributed by atoms with Gasteiger partial charge in [0, 0.05) is 28.7 Å². The lowest BCUT2D eigenvalue weighted by Gasteiger charge is -2.22. The lowest BCUT2D eigenvalue weighted by Crippen LogP contribution is -2.43. The molecule has 44 heavy (non-hydrogen) atoms. The maximum Gasteiger partial charge on any atom is 0.416 e. The molecule has 0 aliphatic rings. The summed E-state index contributed by atoms with van der Waals surface area (Å²) in [6, 6.07) is 4.45. The second kappa shape index (κ2) is 15.3. The zero-order valence-corrected chi connectivity index (χ0v) is 26.7. The van der Waals surface area contributed by atoms with Crippen molar-refractivity contribution in [3.8, 4) is 0 Å². The lowest BCUT2D eigenvalue weighted by molar-refractivity contribution is -0.140. The van der Waals surface area contributed by atoms with Crippen LogP contribution in [-0.4, -0.2) is 55.4 Å². The molecule has 4 N–H and O–H groups in total. The average Bonchev–Trinajstić information content (AvgIpc) is 2.89. The first-order valence-electron chi connectivity index (χ1n) is 13.4. The Balaban J connectivity index is 2.12. The van der Waals surface area contributed by atoms with Crippen LogP contribution in [0.4, 0.5) is 18.0 Å². The normalized spacial score (nSPS) is 12.8. The molecule has 2 amide bonds. The number of sulfone groups is 1. The van der Waals surface area contributed by atoms with Gasteiger partial charge >= 0.3 is 18.2 Å². The third kappa shape index (κ3) is 11.1. The van der Waals surface area contributed by atoms with E-state index in [2.05, 4.69) is 16.0 Å². The fourth-order valence-corrected chi connectivity index (χ4v) is 5.57. The van der Waals surface area contributed by atoms with Crippen molar-refractivity contribution in [3.63, 3.8) is 0 Å². The van der Waals surface area contributed by atoms with Gasteiger partial charge in [-0.25, -0.2) is 18.0 Å². The van der Waals surface area contributed by atoms with Gasteiger partial charge in [-0.2, -0.15) is 13.2 Å². The van der Waals surface area contributed by atoms with Crippen molar-refractivity contribution >= 4 is 51.0 Å². The van der Waals surface area contributed by atoms with Crippen LogP contribution in [0.25, 0.3) is 0 Å². The Morgan fingerprint density at radius 2 is 1.70 bits per heavy atom. The molecule has 0 saturated heterocycles. The summed E-state index contributed by atoms with van der Waals surface area (Å²) in [7, 11) is -3.67. The SMILES string of the molecule is CCS(=O)(=O)c1ccc(Cl)cc1CNC(=O)c1cc(Cl)c(CNCCC[C@H](NC(=O)OC(C)(C)C)C(=O)O)c(C(F)(F)F)c1. The quantitative estimate of drug-likeness (QED) is 0.200. The van der Waals surface area contributed by atoms with E-state index in [0.29, 0.717) is 6.07 Å². The summed E-state index contributed by atoms with van der Waals surface area (Å²) < 4.78 is 71.8. The maximum absolute atomic E-state index is 14.0. The standard InChI is InChI=1S/C28H34Cl2F3N3O7S/c1-5-44(41,42)23-9-8-18(29)11-17(23)14-35-24(37)16-12-20(28(31,32)33)19(21(30)13-16)15-34-10-6-7-22(25(38)39)36-26(40)43-27(2,3)4/h8-9,11-13,22,34H,5-7,10,14-15H2,1-4H3,(H,35,37)(H,36,40)(H,38,39)/t22-/m0/s1. The van der Waals surface area contributed by atoms with Crippen molar-refractivity contribution in [2.45, 2.75) is 76.3 Å². The third-order valence-electron chi connectivity index (χ3n) is 6.08. The summed E-state index contributed by atoms with van der Waals surface area (Å²) in [5.41, 5.74) is -2.55. The van der Waals surface area contributed by atoms with Crippen molar-refractivity contribution in [1.82, 2.24) is 16.0 Å². The van der Waals surface area contributed by atoms with Crippen LogP contribution in [0, 0.1) is 0 Å². The smallest absolute Gasteiger partial charge is 0.416 e. The molecule has 0 heterocycles. The van der Waals surface area contributed by atoms with Gasteiger partial charge in [0.1, 0.15) is 11.6 Å². The highest BCUT2D eigenvalue weighted by atomic mass is 35.5. The zero-order chi connectivity index (χ0) is 33.5. The largest absolute Gasteiger partial charge is 0.480 e. The van der Waals surface area contributed by atoms with Crippen LogP contribution < -0.4 is 16.0 Å². The van der Waals surface area contributed by atoms with E-state index in [1.807, 2.05) is 0 Å². The van der Waals surface area contributed by atoms with Gasteiger partial charge in [0.2, 0.25) is 0 Å². The molecule has 0 aliphatic carbocycles. The molecule has 1 atom stereocenters. The van der Waals surface area contributed by atoms with E-state index in [4.69, 9.17) is 27.9 Å². The van der Waals surface area contributed by atoms with E-state index in [0.717, 1.165) is 6.07 Å². The molecule has 0 fully saturated rings. The Morgan fingerprint density at radius 1 is 1.05 bits per heavy atom. The Kier molecular flexibility index (Phi) is 12.9. The number of halogens is 5. The molecule has 0 aromatic heterocycles. The summed E-state index contributed by atoms with van der Waals surface area (Å²) in [5.74, 6) is -2.43. The third-order valence-corrected chi connectivity index (χ3v) is 8.48. The fraction of sp³-hybridized carbons (Fsp3) is 0.464. The number of aliphatic carboxylic acids is 1. The highest BCUT2D eigenvalue weighted by Gasteiger charge is 2.35. The van der Waals surface area contributed by atoms with Gasteiger partial charge in [-0.05, 0) is 81.6 Å². The first-order chi connectivity index (χ1) is 20.2. The summed E-state index contributed by atoms with van der Waals surface area (Å²) in [4.78, 5) is 36.2. The number of carboxylic acid groups (broad SMARTS) is 1. The summed E-state index contributed by atoms with van der Waals surface area (Å²) in [6.07, 6.45) is -5.65. The number of carbonyl (C=O) groups is 3. The molecule has 0 spiro atoms. The predicted octanol–water partition coefficient (Wildman–Crippen LogP) is 5.58. The first-order valence-corrected chi connectivity index (χ1v) is 15.8. The monoisotopic (exact) mass is 683 g/mol. The summed E-state index contributed by atoms with van der Waals surface area (Å²) in [5, 5.41) is 16.7. The van der Waals surface area contributed by atoms with Crippen LogP contribution >= 0.6 is 23.2 Å². The first kappa shape index (κ1) is 37.1. The fourth-order valence-electron chi connectivity index (χ4n) is 3.97. The van der Waals surface area contributed by atoms with Crippen molar-refractivity contribution in [1.29, 1.82) is 0 Å². The van der Waals surface area contributed by atoms with Crippen molar-refractivity contribution in [2.24, 2.45) is 0 Å². The van der Waals surface area contributed by atoms with Crippen molar-refractivity contribution in [3.05, 3.63) is 62.6 Å². The molecule has 16 heteroatoms. The topological polar surface area (TPSA) is 151 Å². The van der Waals surface area contributed by atoms with Crippen molar-refractivity contribution in [2.75, 3.05) is 12.3 Å². The summed E-state index contributed by atoms with van der Waals surface area (Å²) >= 11 is 12.2. The van der Waals surface area contributed by atoms with Crippen LogP contribution in [0.1, 0.15) is 67.6 Å². The number of rotatable bonds is 13. The van der Waals surface area contributed by atoms with Crippen LogP contribution in [0.3, 0.4) is 0 Å². The van der Waals surface area contributed by atoms with Gasteiger partial charge < -0.3 is 25.8 Å². The number of alkyl carbamates (subject to hydrolysis) is 1. The Bertz CT molecular complexity index is 1480. The maximum atomic E-state index is 14.0. The van der Waals surface area contributed by atoms with E-state index in [1.165, 1.54) is 25.1 Å². The minimum atomic E-state index is -4.88. The number of benzene rings is 2. The van der Waals surface area contributed by atoms with Gasteiger partial charge in [0.25, 0.3) is 5.91 Å². The molecule has 244 valence electrons. The van der Waals surface area contributed by atoms with E-state index < -0.39 is 56.8 Å². The second-order valence-electron chi connectivity index (χ2n) is 10.7. The molecule has 0 unspecified atom stereocenters. The Morgan fingerprint density at radius 3 is 2.27 bits per heavy atom. The molecule has 2 aromatic rings. The molecular weight excluding hydrogens is 650 g/mol. The number of carbonyl (C=O) groups excluding carboxylic acids is 2.